The van der Waals surface area contributed by atoms with Gasteiger partial charge >= 0.3 is 0 Å². The van der Waals surface area contributed by atoms with Crippen molar-refractivity contribution < 1.29 is 28.8 Å². The van der Waals surface area contributed by atoms with Gasteiger partial charge in [-0.1, -0.05) is 72.5 Å². The average Bonchev–Trinajstić information content (AvgIpc) is 3.91. The van der Waals surface area contributed by atoms with Crippen LogP contribution in [0, 0.1) is 0 Å². The Kier molecular flexibility index (Phi) is 1.87. The Balaban J connectivity index is 1.54. The minimum absolute atomic E-state index is 0.103. The van der Waals surface area contributed by atoms with Crippen molar-refractivity contribution in [2.45, 2.75) is 0 Å². The second-order valence-corrected chi connectivity index (χ2v) is 9.49. The van der Waals surface area contributed by atoms with Gasteiger partial charge in [0.2, 0.25) is 0 Å². The highest BCUT2D eigenvalue weighted by molar-refractivity contribution is 7.26. The first-order chi connectivity index (χ1) is 28.1. The molecule has 0 aliphatic heterocycles. The minimum Gasteiger partial charge on any atom is -0.309 e. The second kappa shape index (κ2) is 7.79. The van der Waals surface area contributed by atoms with E-state index in [-0.39, 0.29) is 58.6 Å². The van der Waals surface area contributed by atoms with E-state index in [1.807, 2.05) is 0 Å². The SMILES string of the molecule is [2H]c1nc(-n2c3c([2H])c([2H])c([2H])c([2H])c3c3c([2H])c([2H])c([2H])c([2H])c32)c2sc3c([2H])c([2H])c(-n4c5c([2H])c([2H])c([2H])c([2H])c5c5c([2H])c([2H])c([2H])c([2H])c54)c([2H])c3c2c1[2H]. The maximum atomic E-state index is 9.67. The zero-order valence-corrected chi connectivity index (χ0v) is 20.1. The zero-order chi connectivity index (χ0) is 43.8. The number of hydrogen-bond acceptors (Lipinski definition) is 2. The third kappa shape index (κ3) is 2.84. The van der Waals surface area contributed by atoms with Gasteiger partial charge in [-0.3, -0.25) is 4.57 Å². The summed E-state index contributed by atoms with van der Waals surface area (Å²) in [5.41, 5.74) is -2.11. The molecule has 0 saturated carbocycles. The zero-order valence-electron chi connectivity index (χ0n) is 40.2. The Bertz CT molecular complexity index is 3410. The van der Waals surface area contributed by atoms with E-state index in [1.165, 1.54) is 0 Å². The highest BCUT2D eigenvalue weighted by Gasteiger charge is 2.18. The molecule has 0 N–H and O–H groups in total. The van der Waals surface area contributed by atoms with Gasteiger partial charge in [0, 0.05) is 48.9 Å². The first kappa shape index (κ1) is 9.37. The molecule has 3 nitrogen and oxygen atoms in total. The third-order valence-electron chi connectivity index (χ3n) is 6.49. The normalized spacial score (nSPS) is 19.6. The van der Waals surface area contributed by atoms with E-state index in [2.05, 4.69) is 4.98 Å². The van der Waals surface area contributed by atoms with E-state index < -0.39 is 144 Å². The van der Waals surface area contributed by atoms with Gasteiger partial charge in [0.15, 0.2) is 5.82 Å². The molecule has 0 bridgehead atoms. The van der Waals surface area contributed by atoms with Gasteiger partial charge in [0.1, 0.15) is 0 Å². The molecule has 0 amide bonds. The Morgan fingerprint density at radius 1 is 0.513 bits per heavy atom. The van der Waals surface area contributed by atoms with Crippen LogP contribution in [0.2, 0.25) is 0 Å². The summed E-state index contributed by atoms with van der Waals surface area (Å²) in [6, 6.07) is -13.8. The van der Waals surface area contributed by atoms with Crippen molar-refractivity contribution in [1.82, 2.24) is 14.1 Å². The lowest BCUT2D eigenvalue weighted by Crippen LogP contribution is -1.97. The van der Waals surface area contributed by atoms with Crippen LogP contribution in [0.3, 0.4) is 0 Å². The van der Waals surface area contributed by atoms with Crippen molar-refractivity contribution in [1.29, 1.82) is 0 Å². The van der Waals surface area contributed by atoms with Crippen LogP contribution in [0.1, 0.15) is 28.8 Å². The van der Waals surface area contributed by atoms with Gasteiger partial charge in [-0.05, 0) is 48.3 Å². The lowest BCUT2D eigenvalue weighted by Gasteiger charge is -2.09. The van der Waals surface area contributed by atoms with Gasteiger partial charge in [-0.15, -0.1) is 11.3 Å². The largest absolute Gasteiger partial charge is 0.309 e. The molecule has 0 radical (unpaired) electrons. The third-order valence-corrected chi connectivity index (χ3v) is 7.59. The molecule has 0 unspecified atom stereocenters. The molecular formula is C35H21N3S. The van der Waals surface area contributed by atoms with Crippen molar-refractivity contribution in [2.75, 3.05) is 0 Å². The molecule has 0 aliphatic rings. The summed E-state index contributed by atoms with van der Waals surface area (Å²) in [5.74, 6) is -0.366. The monoisotopic (exact) mass is 536 g/mol. The molecule has 5 aromatic carbocycles. The van der Waals surface area contributed by atoms with Crippen LogP contribution in [-0.2, 0) is 0 Å². The van der Waals surface area contributed by atoms with Gasteiger partial charge in [-0.25, -0.2) is 4.98 Å². The fraction of sp³-hybridized carbons (Fsp3) is 0. The molecule has 4 aromatic heterocycles. The molecule has 0 saturated heterocycles. The fourth-order valence-electron chi connectivity index (χ4n) is 4.91. The van der Waals surface area contributed by atoms with Crippen LogP contribution in [0.25, 0.3) is 75.3 Å². The topological polar surface area (TPSA) is 22.8 Å². The molecule has 9 aromatic rings. The second-order valence-electron chi connectivity index (χ2n) is 8.47. The summed E-state index contributed by atoms with van der Waals surface area (Å²) in [6.45, 7) is 0. The smallest absolute Gasteiger partial charge is 0.155 e. The molecule has 4 heterocycles. The molecule has 182 valence electrons. The van der Waals surface area contributed by atoms with E-state index in [0.717, 1.165) is 9.13 Å². The Morgan fingerprint density at radius 2 is 1.03 bits per heavy atom. The van der Waals surface area contributed by atoms with Crippen molar-refractivity contribution >= 4 is 75.1 Å². The van der Waals surface area contributed by atoms with Gasteiger partial charge in [0.05, 0.1) is 55.6 Å². The lowest BCUT2D eigenvalue weighted by atomic mass is 10.1. The predicted octanol–water partition coefficient (Wildman–Crippen LogP) is 9.64. The number of rotatable bonds is 2. The van der Waals surface area contributed by atoms with Gasteiger partial charge in [0.25, 0.3) is 0 Å². The highest BCUT2D eigenvalue weighted by atomic mass is 32.1. The molecule has 0 aliphatic carbocycles. The summed E-state index contributed by atoms with van der Waals surface area (Å²) in [7, 11) is 0. The molecule has 0 spiro atoms. The number of pyridine rings is 1. The highest BCUT2D eigenvalue weighted by Crippen LogP contribution is 2.41. The van der Waals surface area contributed by atoms with E-state index in [0.29, 0.717) is 11.3 Å². The van der Waals surface area contributed by atoms with E-state index in [4.69, 9.17) is 24.7 Å². The summed E-state index contributed by atoms with van der Waals surface area (Å²) >= 11 is 0.698. The number of benzene rings is 5. The van der Waals surface area contributed by atoms with Crippen molar-refractivity contribution in [3.8, 4) is 11.5 Å². The maximum absolute atomic E-state index is 9.67. The average molecular weight is 537 g/mol. The standard InChI is InChI=1S/C35H21N3S/c1-5-13-29-23(9-1)24-10-2-6-14-30(24)37(29)22-17-18-33-28(21-22)27-19-20-36-35(34(27)39-33)38-31-15-7-3-11-25(31)26-12-4-8-16-32(26)38/h1-21H/i1D,2D,3D,4D,5D,6D,7D,8D,9D,10D,11D,12D,13D,14D,15D,16D,17D,18D,19D,20D,21D. The van der Waals surface area contributed by atoms with Crippen molar-refractivity contribution in [3.05, 3.63) is 127 Å². The van der Waals surface area contributed by atoms with Crippen LogP contribution in [0.4, 0.5) is 0 Å². The molecule has 0 atom stereocenters. The van der Waals surface area contributed by atoms with Crippen molar-refractivity contribution in [2.24, 2.45) is 0 Å². The van der Waals surface area contributed by atoms with Crippen LogP contribution in [0.5, 0.6) is 0 Å². The van der Waals surface area contributed by atoms with Crippen LogP contribution >= 0.6 is 11.3 Å². The number of hydrogen-bond donors (Lipinski definition) is 0. The number of thiophene rings is 1. The van der Waals surface area contributed by atoms with Gasteiger partial charge in [-0.2, -0.15) is 0 Å². The molecule has 39 heavy (non-hydrogen) atoms. The Labute approximate surface area is 257 Å². The quantitative estimate of drug-likeness (QED) is 0.216. The number of aromatic nitrogens is 3. The summed E-state index contributed by atoms with van der Waals surface area (Å²) in [5, 5.41) is -1.77. The lowest BCUT2D eigenvalue weighted by molar-refractivity contribution is 1.11. The Hall–Kier alpha value is -4.93. The number of fused-ring (bicyclic) bond motifs is 9. The van der Waals surface area contributed by atoms with E-state index >= 15 is 0 Å². The maximum Gasteiger partial charge on any atom is 0.155 e. The van der Waals surface area contributed by atoms with Gasteiger partial charge < -0.3 is 4.57 Å². The molecular weight excluding hydrogens is 494 g/mol. The molecule has 9 rings (SSSR count). The summed E-state index contributed by atoms with van der Waals surface area (Å²) in [4.78, 5) is 4.30. The van der Waals surface area contributed by atoms with Crippen LogP contribution in [-0.4, -0.2) is 14.1 Å². The summed E-state index contributed by atoms with van der Waals surface area (Å²) in [6.07, 6.45) is -0.767. The fourth-order valence-corrected chi connectivity index (χ4v) is 5.95. The Morgan fingerprint density at radius 3 is 1.59 bits per heavy atom. The summed E-state index contributed by atoms with van der Waals surface area (Å²) < 4.78 is 186. The first-order valence-electron chi connectivity index (χ1n) is 21.9. The van der Waals surface area contributed by atoms with Crippen LogP contribution in [0.15, 0.2) is 127 Å². The van der Waals surface area contributed by atoms with E-state index in [9.17, 15) is 4.11 Å². The van der Waals surface area contributed by atoms with Crippen LogP contribution < -0.4 is 0 Å². The predicted molar refractivity (Wildman–Crippen MR) is 166 cm³/mol. The minimum atomic E-state index is -0.767. The molecule has 0 fully saturated rings. The van der Waals surface area contributed by atoms with E-state index in [1.54, 1.807) is 0 Å². The number of para-hydroxylation sites is 4. The molecule has 4 heteroatoms. The first-order valence-corrected chi connectivity index (χ1v) is 12.3. The van der Waals surface area contributed by atoms with Crippen molar-refractivity contribution in [3.63, 3.8) is 0 Å². The number of nitrogens with zero attached hydrogens (tertiary/aromatic N) is 3.